The third kappa shape index (κ3) is 3.66. The number of fused-ring (bicyclic) bond motifs is 1. The van der Waals surface area contributed by atoms with E-state index in [9.17, 15) is 9.90 Å². The van der Waals surface area contributed by atoms with Crippen LogP contribution in [0.5, 0.6) is 5.75 Å². The van der Waals surface area contributed by atoms with Gasteiger partial charge in [0.05, 0.1) is 18.3 Å². The highest BCUT2D eigenvalue weighted by molar-refractivity contribution is 6.31. The molecule has 2 aliphatic rings. The van der Waals surface area contributed by atoms with Crippen molar-refractivity contribution >= 4 is 29.9 Å². The number of aliphatic hydroxyl groups excluding tert-OH is 1. The summed E-state index contributed by atoms with van der Waals surface area (Å²) in [4.78, 5) is 12.4. The van der Waals surface area contributed by atoms with Crippen molar-refractivity contribution in [2.75, 3.05) is 26.2 Å². The van der Waals surface area contributed by atoms with Gasteiger partial charge in [-0.05, 0) is 30.7 Å². The number of nitrogens with one attached hydrogen (secondary N) is 2. The number of benzene rings is 1. The number of halogens is 2. The Balaban J connectivity index is 0.00000176. The summed E-state index contributed by atoms with van der Waals surface area (Å²) >= 11 is 6.06. The maximum atomic E-state index is 12.4. The fourth-order valence-electron chi connectivity index (χ4n) is 2.89. The largest absolute Gasteiger partial charge is 0.492 e. The first kappa shape index (κ1) is 17.3. The van der Waals surface area contributed by atoms with Crippen molar-refractivity contribution in [3.63, 3.8) is 0 Å². The summed E-state index contributed by atoms with van der Waals surface area (Å²) in [5.41, 5.74) is 1.47. The van der Waals surface area contributed by atoms with E-state index in [-0.39, 0.29) is 24.2 Å². The van der Waals surface area contributed by atoms with Crippen molar-refractivity contribution in [3.05, 3.63) is 28.3 Å². The number of aliphatic hydroxyl groups is 1. The Hall–Kier alpha value is -1.01. The van der Waals surface area contributed by atoms with Crippen LogP contribution in [-0.4, -0.2) is 43.4 Å². The Morgan fingerprint density at radius 1 is 1.50 bits per heavy atom. The molecule has 0 unspecified atom stereocenters. The van der Waals surface area contributed by atoms with Crippen molar-refractivity contribution in [2.45, 2.75) is 18.9 Å². The van der Waals surface area contributed by atoms with E-state index in [0.717, 1.165) is 24.9 Å². The molecule has 7 heteroatoms. The third-order valence-electron chi connectivity index (χ3n) is 4.11. The van der Waals surface area contributed by atoms with E-state index in [1.165, 1.54) is 0 Å². The van der Waals surface area contributed by atoms with Crippen molar-refractivity contribution in [1.82, 2.24) is 10.6 Å². The van der Waals surface area contributed by atoms with E-state index in [2.05, 4.69) is 10.6 Å². The van der Waals surface area contributed by atoms with E-state index >= 15 is 0 Å². The maximum Gasteiger partial charge on any atom is 0.255 e. The molecule has 1 aromatic carbocycles. The maximum absolute atomic E-state index is 12.4. The van der Waals surface area contributed by atoms with Gasteiger partial charge in [-0.2, -0.15) is 0 Å². The highest BCUT2D eigenvalue weighted by Gasteiger charge is 2.25. The molecule has 3 N–H and O–H groups in total. The number of hydrogen-bond donors (Lipinski definition) is 3. The Bertz CT molecular complexity index is 554. The van der Waals surface area contributed by atoms with Crippen LogP contribution in [0.15, 0.2) is 12.1 Å². The van der Waals surface area contributed by atoms with Gasteiger partial charge < -0.3 is 20.5 Å². The van der Waals surface area contributed by atoms with Crippen molar-refractivity contribution in [2.24, 2.45) is 5.92 Å². The first-order valence-electron chi connectivity index (χ1n) is 7.27. The molecule has 0 aliphatic carbocycles. The van der Waals surface area contributed by atoms with Crippen LogP contribution in [0.3, 0.4) is 0 Å². The lowest BCUT2D eigenvalue weighted by Crippen LogP contribution is -2.45. The Morgan fingerprint density at radius 2 is 2.32 bits per heavy atom. The number of amides is 1. The number of piperidine rings is 1. The highest BCUT2D eigenvalue weighted by atomic mass is 35.5. The van der Waals surface area contributed by atoms with E-state index < -0.39 is 6.10 Å². The fraction of sp³-hybridized carbons (Fsp3) is 0.533. The highest BCUT2D eigenvalue weighted by Crippen LogP contribution is 2.32. The van der Waals surface area contributed by atoms with Crippen molar-refractivity contribution in [3.8, 4) is 5.75 Å². The molecule has 1 saturated heterocycles. The average Bonchev–Trinajstić information content (AvgIpc) is 2.93. The van der Waals surface area contributed by atoms with Gasteiger partial charge in [0.1, 0.15) is 5.75 Å². The Labute approximate surface area is 140 Å². The summed E-state index contributed by atoms with van der Waals surface area (Å²) in [6.07, 6.45) is 1.22. The molecule has 3 rings (SSSR count). The Kier molecular flexibility index (Phi) is 5.92. The minimum absolute atomic E-state index is 0. The molecule has 122 valence electrons. The second kappa shape index (κ2) is 7.51. The van der Waals surface area contributed by atoms with Crippen LogP contribution in [0.1, 0.15) is 22.3 Å². The van der Waals surface area contributed by atoms with Crippen LogP contribution >= 0.6 is 24.0 Å². The number of hydrogen-bond acceptors (Lipinski definition) is 4. The first-order chi connectivity index (χ1) is 10.1. The molecule has 1 fully saturated rings. The van der Waals surface area contributed by atoms with Crippen LogP contribution < -0.4 is 15.4 Å². The standard InChI is InChI=1S/C15H19ClN2O3.ClH/c16-11-5-9-2-4-21-14(9)12(6-11)15(20)18-7-10-1-3-17-8-13(10)19;/h5-6,10,13,17,19H,1-4,7-8H2,(H,18,20);1H/t10-,13-;/m1./s1. The normalized spacial score (nSPS) is 23.2. The quantitative estimate of drug-likeness (QED) is 0.773. The molecule has 0 radical (unpaired) electrons. The van der Waals surface area contributed by atoms with Crippen LogP contribution in [0, 0.1) is 5.92 Å². The number of rotatable bonds is 3. The van der Waals surface area contributed by atoms with Gasteiger partial charge in [0.2, 0.25) is 0 Å². The number of carbonyl (C=O) groups is 1. The van der Waals surface area contributed by atoms with Gasteiger partial charge in [0.25, 0.3) is 5.91 Å². The van der Waals surface area contributed by atoms with Crippen LogP contribution in [0.2, 0.25) is 5.02 Å². The van der Waals surface area contributed by atoms with Crippen LogP contribution in [-0.2, 0) is 6.42 Å². The zero-order valence-electron chi connectivity index (χ0n) is 12.1. The van der Waals surface area contributed by atoms with Crippen LogP contribution in [0.4, 0.5) is 0 Å². The first-order valence-corrected chi connectivity index (χ1v) is 7.65. The lowest BCUT2D eigenvalue weighted by molar-refractivity contribution is 0.0752. The Morgan fingerprint density at radius 3 is 3.09 bits per heavy atom. The van der Waals surface area contributed by atoms with E-state index in [4.69, 9.17) is 16.3 Å². The van der Waals surface area contributed by atoms with Gasteiger partial charge >= 0.3 is 0 Å². The van der Waals surface area contributed by atoms with Gasteiger partial charge in [-0.3, -0.25) is 4.79 Å². The molecule has 0 saturated carbocycles. The molecule has 2 aliphatic heterocycles. The summed E-state index contributed by atoms with van der Waals surface area (Å²) < 4.78 is 5.54. The molecule has 2 atom stereocenters. The zero-order chi connectivity index (χ0) is 14.8. The lowest BCUT2D eigenvalue weighted by Gasteiger charge is -2.28. The SMILES string of the molecule is Cl.O=C(NC[C@H]1CCNC[C@H]1O)c1cc(Cl)cc2c1OCC2. The molecule has 1 amide bonds. The predicted molar refractivity (Wildman–Crippen MR) is 87.2 cm³/mol. The number of ether oxygens (including phenoxy) is 1. The van der Waals surface area contributed by atoms with Gasteiger partial charge in [0, 0.05) is 30.5 Å². The van der Waals surface area contributed by atoms with Crippen molar-refractivity contribution in [1.29, 1.82) is 0 Å². The fourth-order valence-corrected chi connectivity index (χ4v) is 3.13. The number of carbonyl (C=O) groups excluding carboxylic acids is 1. The molecule has 0 spiro atoms. The molecular weight excluding hydrogens is 327 g/mol. The smallest absolute Gasteiger partial charge is 0.255 e. The monoisotopic (exact) mass is 346 g/mol. The second-order valence-electron chi connectivity index (χ2n) is 5.57. The molecule has 0 aromatic heterocycles. The molecular formula is C15H20Cl2N2O3. The minimum Gasteiger partial charge on any atom is -0.492 e. The van der Waals surface area contributed by atoms with Gasteiger partial charge in [-0.1, -0.05) is 11.6 Å². The average molecular weight is 347 g/mol. The molecule has 22 heavy (non-hydrogen) atoms. The van der Waals surface area contributed by atoms with Gasteiger partial charge in [-0.15, -0.1) is 12.4 Å². The van der Waals surface area contributed by atoms with E-state index in [1.54, 1.807) is 6.07 Å². The summed E-state index contributed by atoms with van der Waals surface area (Å²) in [5, 5.41) is 16.5. The lowest BCUT2D eigenvalue weighted by atomic mass is 9.95. The summed E-state index contributed by atoms with van der Waals surface area (Å²) in [6.45, 7) is 2.50. The topological polar surface area (TPSA) is 70.6 Å². The number of β-amino-alcohol motifs (C(OH)–C–C–N with tert-alkyl or cyclic N) is 1. The minimum atomic E-state index is -0.416. The van der Waals surface area contributed by atoms with Gasteiger partial charge in [0.15, 0.2) is 0 Å². The molecule has 0 bridgehead atoms. The van der Waals surface area contributed by atoms with Gasteiger partial charge in [-0.25, -0.2) is 0 Å². The van der Waals surface area contributed by atoms with E-state index in [0.29, 0.717) is 36.0 Å². The second-order valence-corrected chi connectivity index (χ2v) is 6.01. The van der Waals surface area contributed by atoms with Crippen LogP contribution in [0.25, 0.3) is 0 Å². The molecule has 1 aromatic rings. The summed E-state index contributed by atoms with van der Waals surface area (Å²) in [5.74, 6) is 0.535. The zero-order valence-corrected chi connectivity index (χ0v) is 13.7. The third-order valence-corrected chi connectivity index (χ3v) is 4.33. The summed E-state index contributed by atoms with van der Waals surface area (Å²) in [7, 11) is 0. The molecule has 2 heterocycles. The predicted octanol–water partition coefficient (Wildman–Crippen LogP) is 1.40. The summed E-state index contributed by atoms with van der Waals surface area (Å²) in [6, 6.07) is 3.48. The molecule has 5 nitrogen and oxygen atoms in total. The van der Waals surface area contributed by atoms with Crippen molar-refractivity contribution < 1.29 is 14.6 Å². The van der Waals surface area contributed by atoms with E-state index in [1.807, 2.05) is 6.07 Å².